The molecule has 0 bridgehead atoms. The van der Waals surface area contributed by atoms with Gasteiger partial charge in [0.25, 0.3) is 0 Å². The minimum absolute atomic E-state index is 0.0253. The van der Waals surface area contributed by atoms with Gasteiger partial charge in [0, 0.05) is 6.54 Å². The van der Waals surface area contributed by atoms with E-state index in [1.54, 1.807) is 0 Å². The van der Waals surface area contributed by atoms with Gasteiger partial charge in [0.1, 0.15) is 0 Å². The number of methoxy groups -OCH3 is 1. The Labute approximate surface area is 101 Å². The summed E-state index contributed by atoms with van der Waals surface area (Å²) in [6, 6.07) is 6.35. The molecule has 2 N–H and O–H groups in total. The Hall–Kier alpha value is -1.55. The summed E-state index contributed by atoms with van der Waals surface area (Å²) in [6.45, 7) is 3.92. The number of amides is 1. The average molecular weight is 234 g/mol. The molecule has 0 saturated carbocycles. The van der Waals surface area contributed by atoms with Crippen LogP contribution >= 0.6 is 0 Å². The summed E-state index contributed by atoms with van der Waals surface area (Å²) in [7, 11) is 1.38. The van der Waals surface area contributed by atoms with E-state index < -0.39 is 6.09 Å². The van der Waals surface area contributed by atoms with Crippen LogP contribution in [0.2, 0.25) is 0 Å². The topological polar surface area (TPSA) is 50.4 Å². The van der Waals surface area contributed by atoms with E-state index in [1.807, 2.05) is 6.92 Å². The van der Waals surface area contributed by atoms with Crippen molar-refractivity contribution in [2.45, 2.75) is 25.9 Å². The number of hydrogen-bond acceptors (Lipinski definition) is 3. The van der Waals surface area contributed by atoms with Crippen LogP contribution in [0.15, 0.2) is 18.2 Å². The number of carbonyl (C=O) groups is 1. The summed E-state index contributed by atoms with van der Waals surface area (Å²) < 4.78 is 4.59. The lowest BCUT2D eigenvalue weighted by molar-refractivity contribution is 0.167. The zero-order valence-corrected chi connectivity index (χ0v) is 10.2. The fraction of sp³-hybridized carbons (Fsp3) is 0.462. The molecule has 0 spiro atoms. The molecule has 1 aromatic carbocycles. The lowest BCUT2D eigenvalue weighted by atomic mass is 9.96. The summed E-state index contributed by atoms with van der Waals surface area (Å²) >= 11 is 0. The van der Waals surface area contributed by atoms with Gasteiger partial charge in [0.15, 0.2) is 0 Å². The Balaban J connectivity index is 2.13. The highest BCUT2D eigenvalue weighted by atomic mass is 16.5. The molecular formula is C13H18N2O2. The van der Waals surface area contributed by atoms with Crippen LogP contribution in [0.3, 0.4) is 0 Å². The van der Waals surface area contributed by atoms with Crippen molar-refractivity contribution >= 4 is 6.09 Å². The maximum absolute atomic E-state index is 11.1. The van der Waals surface area contributed by atoms with Crippen molar-refractivity contribution in [2.75, 3.05) is 13.7 Å². The molecule has 1 unspecified atom stereocenters. The Morgan fingerprint density at radius 2 is 2.29 bits per heavy atom. The highest BCUT2D eigenvalue weighted by molar-refractivity contribution is 5.67. The first-order valence-electron chi connectivity index (χ1n) is 5.87. The first-order chi connectivity index (χ1) is 8.20. The number of benzene rings is 1. The van der Waals surface area contributed by atoms with E-state index in [2.05, 4.69) is 33.6 Å². The van der Waals surface area contributed by atoms with E-state index in [9.17, 15) is 4.79 Å². The SMILES string of the molecule is COC(=O)NC(C)c1ccc2c(c1)CCNC2. The number of alkyl carbamates (subject to hydrolysis) is 1. The second kappa shape index (κ2) is 5.19. The average Bonchev–Trinajstić information content (AvgIpc) is 2.38. The molecule has 0 aromatic heterocycles. The van der Waals surface area contributed by atoms with Crippen LogP contribution < -0.4 is 10.6 Å². The van der Waals surface area contributed by atoms with Crippen LogP contribution in [0.25, 0.3) is 0 Å². The summed E-state index contributed by atoms with van der Waals surface area (Å²) in [6.07, 6.45) is 0.658. The Morgan fingerprint density at radius 3 is 3.06 bits per heavy atom. The number of carbonyl (C=O) groups excluding carboxylic acids is 1. The van der Waals surface area contributed by atoms with Crippen molar-refractivity contribution in [3.63, 3.8) is 0 Å². The fourth-order valence-corrected chi connectivity index (χ4v) is 2.09. The predicted octanol–water partition coefficient (Wildman–Crippen LogP) is 1.75. The van der Waals surface area contributed by atoms with Crippen molar-refractivity contribution in [1.82, 2.24) is 10.6 Å². The molecule has 17 heavy (non-hydrogen) atoms. The van der Waals surface area contributed by atoms with Crippen LogP contribution in [-0.2, 0) is 17.7 Å². The van der Waals surface area contributed by atoms with Gasteiger partial charge in [-0.2, -0.15) is 0 Å². The van der Waals surface area contributed by atoms with Gasteiger partial charge in [-0.3, -0.25) is 0 Å². The van der Waals surface area contributed by atoms with Crippen molar-refractivity contribution < 1.29 is 9.53 Å². The van der Waals surface area contributed by atoms with Crippen LogP contribution in [0.4, 0.5) is 4.79 Å². The molecule has 1 atom stereocenters. The molecule has 1 heterocycles. The lowest BCUT2D eigenvalue weighted by Crippen LogP contribution is -2.27. The second-order valence-electron chi connectivity index (χ2n) is 4.31. The Morgan fingerprint density at radius 1 is 1.47 bits per heavy atom. The Kier molecular flexibility index (Phi) is 3.64. The molecular weight excluding hydrogens is 216 g/mol. The van der Waals surface area contributed by atoms with Crippen molar-refractivity contribution in [2.24, 2.45) is 0 Å². The molecule has 2 rings (SSSR count). The molecule has 4 nitrogen and oxygen atoms in total. The monoisotopic (exact) mass is 234 g/mol. The van der Waals surface area contributed by atoms with E-state index in [0.717, 1.165) is 25.1 Å². The molecule has 1 aliphatic rings. The van der Waals surface area contributed by atoms with E-state index in [4.69, 9.17) is 0 Å². The van der Waals surface area contributed by atoms with E-state index in [0.29, 0.717) is 0 Å². The fourth-order valence-electron chi connectivity index (χ4n) is 2.09. The van der Waals surface area contributed by atoms with Gasteiger partial charge in [-0.25, -0.2) is 4.79 Å². The molecule has 0 fully saturated rings. The number of ether oxygens (including phenoxy) is 1. The highest BCUT2D eigenvalue weighted by Gasteiger charge is 2.13. The van der Waals surface area contributed by atoms with Crippen molar-refractivity contribution in [1.29, 1.82) is 0 Å². The van der Waals surface area contributed by atoms with E-state index >= 15 is 0 Å². The summed E-state index contributed by atoms with van der Waals surface area (Å²) in [4.78, 5) is 11.1. The number of nitrogens with one attached hydrogen (secondary N) is 2. The minimum atomic E-state index is -0.392. The van der Waals surface area contributed by atoms with E-state index in [1.165, 1.54) is 18.2 Å². The van der Waals surface area contributed by atoms with Gasteiger partial charge in [-0.05, 0) is 36.6 Å². The zero-order chi connectivity index (χ0) is 12.3. The lowest BCUT2D eigenvalue weighted by Gasteiger charge is -2.20. The summed E-state index contributed by atoms with van der Waals surface area (Å²) in [5.41, 5.74) is 3.85. The normalized spacial score (nSPS) is 15.9. The smallest absolute Gasteiger partial charge is 0.407 e. The molecule has 92 valence electrons. The highest BCUT2D eigenvalue weighted by Crippen LogP contribution is 2.20. The van der Waals surface area contributed by atoms with Gasteiger partial charge in [0.2, 0.25) is 0 Å². The zero-order valence-electron chi connectivity index (χ0n) is 10.2. The number of hydrogen-bond donors (Lipinski definition) is 2. The van der Waals surface area contributed by atoms with Gasteiger partial charge in [0.05, 0.1) is 13.2 Å². The molecule has 0 radical (unpaired) electrons. The third-order valence-corrected chi connectivity index (χ3v) is 3.14. The third kappa shape index (κ3) is 2.77. The molecule has 1 aliphatic heterocycles. The summed E-state index contributed by atoms with van der Waals surface area (Å²) in [5.74, 6) is 0. The van der Waals surface area contributed by atoms with Crippen LogP contribution in [0.5, 0.6) is 0 Å². The number of rotatable bonds is 2. The van der Waals surface area contributed by atoms with Crippen LogP contribution in [0, 0.1) is 0 Å². The quantitative estimate of drug-likeness (QED) is 0.819. The number of fused-ring (bicyclic) bond motifs is 1. The third-order valence-electron chi connectivity index (χ3n) is 3.14. The van der Waals surface area contributed by atoms with Gasteiger partial charge in [-0.1, -0.05) is 18.2 Å². The Bertz CT molecular complexity index is 418. The molecule has 4 heteroatoms. The molecule has 0 aliphatic carbocycles. The van der Waals surface area contributed by atoms with Crippen LogP contribution in [0.1, 0.15) is 29.7 Å². The van der Waals surface area contributed by atoms with Gasteiger partial charge in [-0.15, -0.1) is 0 Å². The maximum Gasteiger partial charge on any atom is 0.407 e. The first kappa shape index (κ1) is 11.9. The maximum atomic E-state index is 11.1. The largest absolute Gasteiger partial charge is 0.453 e. The first-order valence-corrected chi connectivity index (χ1v) is 5.87. The second-order valence-corrected chi connectivity index (χ2v) is 4.31. The predicted molar refractivity (Wildman–Crippen MR) is 65.8 cm³/mol. The van der Waals surface area contributed by atoms with Crippen LogP contribution in [-0.4, -0.2) is 19.7 Å². The van der Waals surface area contributed by atoms with Crippen molar-refractivity contribution in [3.8, 4) is 0 Å². The van der Waals surface area contributed by atoms with Gasteiger partial charge < -0.3 is 15.4 Å². The molecule has 1 amide bonds. The van der Waals surface area contributed by atoms with Crippen molar-refractivity contribution in [3.05, 3.63) is 34.9 Å². The van der Waals surface area contributed by atoms with Gasteiger partial charge >= 0.3 is 6.09 Å². The standard InChI is InChI=1S/C13H18N2O2/c1-9(15-13(16)17-2)10-3-4-12-8-14-6-5-11(12)7-10/h3-4,7,9,14H,5-6,8H2,1-2H3,(H,15,16). The minimum Gasteiger partial charge on any atom is -0.453 e. The van der Waals surface area contributed by atoms with E-state index in [-0.39, 0.29) is 6.04 Å². The summed E-state index contributed by atoms with van der Waals surface area (Å²) in [5, 5.41) is 6.12. The molecule has 1 aromatic rings. The molecule has 0 saturated heterocycles.